The Hall–Kier alpha value is -2.93. The normalized spacial score (nSPS) is 16.0. The zero-order valence-corrected chi connectivity index (χ0v) is 15.2. The lowest BCUT2D eigenvalue weighted by Gasteiger charge is -2.11. The second kappa shape index (κ2) is 9.14. The first-order chi connectivity index (χ1) is 13.2. The van der Waals surface area contributed by atoms with E-state index in [-0.39, 0.29) is 23.6 Å². The Morgan fingerprint density at radius 2 is 2.07 bits per heavy atom. The van der Waals surface area contributed by atoms with Crippen molar-refractivity contribution in [2.75, 3.05) is 20.3 Å². The van der Waals surface area contributed by atoms with E-state index in [0.29, 0.717) is 24.4 Å². The van der Waals surface area contributed by atoms with Crippen LogP contribution in [-0.4, -0.2) is 43.2 Å². The highest BCUT2D eigenvalue weighted by Crippen LogP contribution is 2.17. The number of rotatable bonds is 7. The van der Waals surface area contributed by atoms with Gasteiger partial charge in [0.05, 0.1) is 13.2 Å². The van der Waals surface area contributed by atoms with E-state index in [1.165, 1.54) is 12.3 Å². The van der Waals surface area contributed by atoms with Crippen molar-refractivity contribution in [3.05, 3.63) is 59.4 Å². The van der Waals surface area contributed by atoms with Gasteiger partial charge in [-0.1, -0.05) is 18.2 Å². The molecule has 3 rings (SSSR count). The Morgan fingerprint density at radius 1 is 1.22 bits per heavy atom. The van der Waals surface area contributed by atoms with Crippen LogP contribution >= 0.6 is 0 Å². The number of ether oxygens (including phenoxy) is 2. The number of carbonyl (C=O) groups excluding carboxylic acids is 2. The van der Waals surface area contributed by atoms with Crippen LogP contribution in [0.5, 0.6) is 5.75 Å². The Labute approximate surface area is 158 Å². The maximum absolute atomic E-state index is 12.4. The fourth-order valence-corrected chi connectivity index (χ4v) is 2.92. The summed E-state index contributed by atoms with van der Waals surface area (Å²) in [6.07, 6.45) is 3.50. The lowest BCUT2D eigenvalue weighted by molar-refractivity contribution is 0.0857. The maximum Gasteiger partial charge on any atom is 0.270 e. The van der Waals surface area contributed by atoms with Crippen LogP contribution in [0.15, 0.2) is 42.6 Å². The van der Waals surface area contributed by atoms with Gasteiger partial charge in [0.1, 0.15) is 11.4 Å². The number of nitrogens with zero attached hydrogens (tertiary/aromatic N) is 1. The van der Waals surface area contributed by atoms with Gasteiger partial charge in [-0.05, 0) is 31.0 Å². The van der Waals surface area contributed by atoms with Gasteiger partial charge in [-0.3, -0.25) is 14.6 Å². The van der Waals surface area contributed by atoms with Gasteiger partial charge in [-0.2, -0.15) is 0 Å². The van der Waals surface area contributed by atoms with Crippen molar-refractivity contribution in [2.45, 2.75) is 25.5 Å². The largest absolute Gasteiger partial charge is 0.496 e. The lowest BCUT2D eigenvalue weighted by atomic mass is 10.1. The molecule has 2 amide bonds. The number of aromatic nitrogens is 1. The molecule has 142 valence electrons. The lowest BCUT2D eigenvalue weighted by Crippen LogP contribution is -2.32. The number of hydrogen-bond donors (Lipinski definition) is 2. The van der Waals surface area contributed by atoms with Gasteiger partial charge < -0.3 is 20.1 Å². The third kappa shape index (κ3) is 5.04. The minimum atomic E-state index is -0.352. The van der Waals surface area contributed by atoms with Crippen molar-refractivity contribution in [1.29, 1.82) is 0 Å². The summed E-state index contributed by atoms with van der Waals surface area (Å²) >= 11 is 0. The standard InChI is InChI=1S/C20H23N3O4/c1-26-18-7-3-2-5-15(18)12-22-20(25)17-11-14(8-9-21-17)19(24)23-13-16-6-4-10-27-16/h2-3,5,7-9,11,16H,4,6,10,12-13H2,1H3,(H,22,25)(H,23,24). The van der Waals surface area contributed by atoms with Crippen LogP contribution in [0.4, 0.5) is 0 Å². The third-order valence-electron chi connectivity index (χ3n) is 4.40. The van der Waals surface area contributed by atoms with Crippen LogP contribution in [0.1, 0.15) is 39.3 Å². The van der Waals surface area contributed by atoms with E-state index in [9.17, 15) is 9.59 Å². The highest BCUT2D eigenvalue weighted by molar-refractivity contribution is 5.98. The summed E-state index contributed by atoms with van der Waals surface area (Å²) in [7, 11) is 1.58. The number of amides is 2. The van der Waals surface area contributed by atoms with Crippen molar-refractivity contribution < 1.29 is 19.1 Å². The number of hydrogen-bond acceptors (Lipinski definition) is 5. The summed E-state index contributed by atoms with van der Waals surface area (Å²) in [6, 6.07) is 10.5. The van der Waals surface area contributed by atoms with Gasteiger partial charge in [0.2, 0.25) is 0 Å². The highest BCUT2D eigenvalue weighted by atomic mass is 16.5. The predicted molar refractivity (Wildman–Crippen MR) is 99.7 cm³/mol. The zero-order chi connectivity index (χ0) is 19.1. The molecule has 0 saturated carbocycles. The fraction of sp³-hybridized carbons (Fsp3) is 0.350. The van der Waals surface area contributed by atoms with Crippen LogP contribution in [0.2, 0.25) is 0 Å². The number of methoxy groups -OCH3 is 1. The molecule has 7 nitrogen and oxygen atoms in total. The average Bonchev–Trinajstić information content (AvgIpc) is 3.24. The van der Waals surface area contributed by atoms with Gasteiger partial charge >= 0.3 is 0 Å². The van der Waals surface area contributed by atoms with Gasteiger partial charge in [-0.25, -0.2) is 0 Å². The molecule has 1 aromatic carbocycles. The van der Waals surface area contributed by atoms with Gasteiger partial charge in [0.15, 0.2) is 0 Å². The number of pyridine rings is 1. The van der Waals surface area contributed by atoms with Crippen molar-refractivity contribution in [2.24, 2.45) is 0 Å². The minimum absolute atomic E-state index is 0.0689. The van der Waals surface area contributed by atoms with Gasteiger partial charge in [0, 0.05) is 37.0 Å². The molecule has 0 radical (unpaired) electrons. The van der Waals surface area contributed by atoms with Crippen LogP contribution in [-0.2, 0) is 11.3 Å². The molecule has 1 aromatic heterocycles. The SMILES string of the molecule is COc1ccccc1CNC(=O)c1cc(C(=O)NCC2CCCO2)ccn1. The number of benzene rings is 1. The molecule has 0 aliphatic carbocycles. The van der Waals surface area contributed by atoms with E-state index in [4.69, 9.17) is 9.47 Å². The van der Waals surface area contributed by atoms with E-state index < -0.39 is 0 Å². The van der Waals surface area contributed by atoms with Gasteiger partial charge in [0.25, 0.3) is 11.8 Å². The first-order valence-corrected chi connectivity index (χ1v) is 8.93. The summed E-state index contributed by atoms with van der Waals surface area (Å²) in [5.74, 6) is 0.106. The van der Waals surface area contributed by atoms with Crippen LogP contribution in [0, 0.1) is 0 Å². The van der Waals surface area contributed by atoms with Crippen molar-refractivity contribution in [3.63, 3.8) is 0 Å². The molecule has 1 unspecified atom stereocenters. The van der Waals surface area contributed by atoms with E-state index in [2.05, 4.69) is 15.6 Å². The summed E-state index contributed by atoms with van der Waals surface area (Å²) in [5.41, 5.74) is 1.44. The van der Waals surface area contributed by atoms with E-state index in [1.807, 2.05) is 24.3 Å². The molecule has 27 heavy (non-hydrogen) atoms. The molecular weight excluding hydrogens is 346 g/mol. The molecule has 1 aliphatic heterocycles. The second-order valence-corrected chi connectivity index (χ2v) is 6.27. The molecule has 2 heterocycles. The summed E-state index contributed by atoms with van der Waals surface area (Å²) in [6.45, 7) is 1.52. The Morgan fingerprint density at radius 3 is 2.85 bits per heavy atom. The van der Waals surface area contributed by atoms with Crippen LogP contribution in [0.3, 0.4) is 0 Å². The first-order valence-electron chi connectivity index (χ1n) is 8.93. The van der Waals surface area contributed by atoms with Crippen molar-refractivity contribution in [1.82, 2.24) is 15.6 Å². The maximum atomic E-state index is 12.4. The van der Waals surface area contributed by atoms with Crippen LogP contribution in [0.25, 0.3) is 0 Å². The minimum Gasteiger partial charge on any atom is -0.496 e. The quantitative estimate of drug-likeness (QED) is 0.778. The fourth-order valence-electron chi connectivity index (χ4n) is 2.92. The van der Waals surface area contributed by atoms with E-state index >= 15 is 0 Å². The summed E-state index contributed by atoms with van der Waals surface area (Å²) in [5, 5.41) is 5.64. The topological polar surface area (TPSA) is 89.5 Å². The average molecular weight is 369 g/mol. The smallest absolute Gasteiger partial charge is 0.270 e. The molecule has 1 fully saturated rings. The molecule has 2 aromatic rings. The number of nitrogens with one attached hydrogen (secondary N) is 2. The zero-order valence-electron chi connectivity index (χ0n) is 15.2. The first kappa shape index (κ1) is 18.8. The Balaban J connectivity index is 1.58. The molecule has 1 aliphatic rings. The molecule has 2 N–H and O–H groups in total. The third-order valence-corrected chi connectivity index (χ3v) is 4.40. The Kier molecular flexibility index (Phi) is 6.38. The predicted octanol–water partition coefficient (Wildman–Crippen LogP) is 1.93. The molecule has 7 heteroatoms. The molecule has 1 saturated heterocycles. The second-order valence-electron chi connectivity index (χ2n) is 6.27. The molecular formula is C20H23N3O4. The van der Waals surface area contributed by atoms with Gasteiger partial charge in [-0.15, -0.1) is 0 Å². The monoisotopic (exact) mass is 369 g/mol. The van der Waals surface area contributed by atoms with E-state index in [0.717, 1.165) is 25.0 Å². The van der Waals surface area contributed by atoms with Crippen molar-refractivity contribution in [3.8, 4) is 5.75 Å². The van der Waals surface area contributed by atoms with Crippen molar-refractivity contribution >= 4 is 11.8 Å². The molecule has 0 spiro atoms. The summed E-state index contributed by atoms with van der Waals surface area (Å²) < 4.78 is 10.8. The van der Waals surface area contributed by atoms with Crippen LogP contribution < -0.4 is 15.4 Å². The highest BCUT2D eigenvalue weighted by Gasteiger charge is 2.17. The summed E-state index contributed by atoms with van der Waals surface area (Å²) in [4.78, 5) is 28.8. The van der Waals surface area contributed by atoms with E-state index in [1.54, 1.807) is 13.2 Å². The number of carbonyl (C=O) groups is 2. The molecule has 1 atom stereocenters. The number of para-hydroxylation sites is 1. The molecule has 0 bridgehead atoms. The Bertz CT molecular complexity index is 803.